The normalized spacial score (nSPS) is 15.4. The van der Waals surface area contributed by atoms with Gasteiger partial charge in [-0.1, -0.05) is 57.2 Å². The van der Waals surface area contributed by atoms with Crippen LogP contribution in [-0.4, -0.2) is 0 Å². The first-order valence-corrected chi connectivity index (χ1v) is 5.41. The van der Waals surface area contributed by atoms with E-state index in [9.17, 15) is 0 Å². The first-order valence-electron chi connectivity index (χ1n) is 5.41. The molecular formula is C14H22. The van der Waals surface area contributed by atoms with E-state index in [1.807, 2.05) is 6.08 Å². The molecule has 0 aliphatic heterocycles. The van der Waals surface area contributed by atoms with Gasteiger partial charge in [0, 0.05) is 0 Å². The Kier molecular flexibility index (Phi) is 7.92. The van der Waals surface area contributed by atoms with Crippen molar-refractivity contribution in [1.29, 1.82) is 0 Å². The molecule has 0 aromatic rings. The van der Waals surface area contributed by atoms with Crippen LogP contribution in [0.2, 0.25) is 0 Å². The molecule has 0 saturated carbocycles. The van der Waals surface area contributed by atoms with Crippen molar-refractivity contribution >= 4 is 0 Å². The van der Waals surface area contributed by atoms with E-state index in [0.717, 1.165) is 0 Å². The van der Waals surface area contributed by atoms with Gasteiger partial charge in [0.2, 0.25) is 0 Å². The van der Waals surface area contributed by atoms with Crippen LogP contribution in [0.4, 0.5) is 0 Å². The minimum absolute atomic E-state index is 1.17. The third-order valence-electron chi connectivity index (χ3n) is 1.89. The van der Waals surface area contributed by atoms with E-state index in [0.29, 0.717) is 0 Å². The summed E-state index contributed by atoms with van der Waals surface area (Å²) >= 11 is 0. The third-order valence-corrected chi connectivity index (χ3v) is 1.89. The van der Waals surface area contributed by atoms with Crippen LogP contribution < -0.4 is 0 Å². The Morgan fingerprint density at radius 3 is 2.57 bits per heavy atom. The molecule has 0 amide bonds. The minimum atomic E-state index is 1.17. The van der Waals surface area contributed by atoms with Crippen molar-refractivity contribution < 1.29 is 0 Å². The molecule has 1 aliphatic carbocycles. The van der Waals surface area contributed by atoms with E-state index in [1.54, 1.807) is 0 Å². The predicted molar refractivity (Wildman–Crippen MR) is 66.4 cm³/mol. The molecule has 0 unspecified atom stereocenters. The molecule has 1 rings (SSSR count). The lowest BCUT2D eigenvalue weighted by Crippen LogP contribution is -1.88. The van der Waals surface area contributed by atoms with E-state index in [2.05, 4.69) is 51.7 Å². The van der Waals surface area contributed by atoms with Crippen molar-refractivity contribution in [1.82, 2.24) is 0 Å². The molecule has 78 valence electrons. The Morgan fingerprint density at radius 1 is 1.50 bits per heavy atom. The summed E-state index contributed by atoms with van der Waals surface area (Å²) < 4.78 is 0. The highest BCUT2D eigenvalue weighted by atomic mass is 14.0. The van der Waals surface area contributed by atoms with Gasteiger partial charge in [0.1, 0.15) is 0 Å². The van der Waals surface area contributed by atoms with Gasteiger partial charge in [-0.2, -0.15) is 0 Å². The average molecular weight is 190 g/mol. The maximum atomic E-state index is 3.67. The molecule has 0 atom stereocenters. The lowest BCUT2D eigenvalue weighted by atomic mass is 9.98. The molecule has 0 heteroatoms. The summed E-state index contributed by atoms with van der Waals surface area (Å²) in [6.45, 7) is 10.1. The second kappa shape index (κ2) is 8.55. The molecule has 0 heterocycles. The lowest BCUT2D eigenvalue weighted by molar-refractivity contribution is 0.968. The molecule has 0 spiro atoms. The standard InChI is InChI=1S/C11H14.C3H8/c1-3-7-10(2)11-8-5-4-6-9-11;1-3-2/h3-5,7-8H,1,6,9H2,2H3;3H2,1-2H3/b10-7+;. The summed E-state index contributed by atoms with van der Waals surface area (Å²) in [4.78, 5) is 0. The number of rotatable bonds is 2. The maximum Gasteiger partial charge on any atom is -0.0241 e. The number of hydrogen-bond acceptors (Lipinski definition) is 0. The molecule has 0 fully saturated rings. The van der Waals surface area contributed by atoms with E-state index < -0.39 is 0 Å². The summed E-state index contributed by atoms with van der Waals surface area (Å²) in [6.07, 6.45) is 14.0. The summed E-state index contributed by atoms with van der Waals surface area (Å²) in [5.74, 6) is 0. The highest BCUT2D eigenvalue weighted by Gasteiger charge is 1.99. The molecule has 0 aromatic carbocycles. The molecule has 0 bridgehead atoms. The second-order valence-electron chi connectivity index (χ2n) is 3.45. The van der Waals surface area contributed by atoms with Crippen LogP contribution in [0.25, 0.3) is 0 Å². The Hall–Kier alpha value is -1.04. The Bertz CT molecular complexity index is 239. The van der Waals surface area contributed by atoms with Crippen molar-refractivity contribution in [2.24, 2.45) is 0 Å². The molecule has 0 radical (unpaired) electrons. The molecule has 0 saturated heterocycles. The Labute approximate surface area is 88.7 Å². The fourth-order valence-electron chi connectivity index (χ4n) is 1.22. The smallest absolute Gasteiger partial charge is 0.0241 e. The van der Waals surface area contributed by atoms with Gasteiger partial charge >= 0.3 is 0 Å². The van der Waals surface area contributed by atoms with Crippen molar-refractivity contribution in [2.75, 3.05) is 0 Å². The second-order valence-corrected chi connectivity index (χ2v) is 3.45. The third kappa shape index (κ3) is 5.58. The van der Waals surface area contributed by atoms with Crippen molar-refractivity contribution in [3.63, 3.8) is 0 Å². The zero-order chi connectivity index (χ0) is 10.8. The van der Waals surface area contributed by atoms with Crippen molar-refractivity contribution in [3.05, 3.63) is 48.1 Å². The van der Waals surface area contributed by atoms with Crippen LogP contribution in [0.3, 0.4) is 0 Å². The van der Waals surface area contributed by atoms with Crippen LogP contribution in [0.5, 0.6) is 0 Å². The van der Waals surface area contributed by atoms with Crippen LogP contribution in [-0.2, 0) is 0 Å². The van der Waals surface area contributed by atoms with Gasteiger partial charge in [0.05, 0.1) is 0 Å². The monoisotopic (exact) mass is 190 g/mol. The average Bonchev–Trinajstić information content (AvgIpc) is 2.21. The first-order chi connectivity index (χ1) is 6.76. The molecular weight excluding hydrogens is 168 g/mol. The summed E-state index contributed by atoms with van der Waals surface area (Å²) in [7, 11) is 0. The van der Waals surface area contributed by atoms with E-state index in [1.165, 1.54) is 30.4 Å². The molecule has 14 heavy (non-hydrogen) atoms. The number of allylic oxidation sites excluding steroid dienone is 7. The fraction of sp³-hybridized carbons (Fsp3) is 0.429. The Balaban J connectivity index is 0.000000500. The summed E-state index contributed by atoms with van der Waals surface area (Å²) in [5.41, 5.74) is 2.77. The highest BCUT2D eigenvalue weighted by Crippen LogP contribution is 2.19. The van der Waals surface area contributed by atoms with Gasteiger partial charge in [0.15, 0.2) is 0 Å². The fourth-order valence-corrected chi connectivity index (χ4v) is 1.22. The molecule has 0 aromatic heterocycles. The quantitative estimate of drug-likeness (QED) is 0.548. The van der Waals surface area contributed by atoms with Crippen molar-refractivity contribution in [2.45, 2.75) is 40.0 Å². The number of hydrogen-bond donors (Lipinski definition) is 0. The van der Waals surface area contributed by atoms with Gasteiger partial charge < -0.3 is 0 Å². The zero-order valence-corrected chi connectivity index (χ0v) is 9.72. The summed E-state index contributed by atoms with van der Waals surface area (Å²) in [6, 6.07) is 0. The van der Waals surface area contributed by atoms with E-state index in [4.69, 9.17) is 0 Å². The van der Waals surface area contributed by atoms with Crippen LogP contribution >= 0.6 is 0 Å². The van der Waals surface area contributed by atoms with Crippen LogP contribution in [0.15, 0.2) is 48.1 Å². The molecule has 0 nitrogen and oxygen atoms in total. The predicted octanol–water partition coefficient (Wildman–Crippen LogP) is 4.81. The maximum absolute atomic E-state index is 3.67. The van der Waals surface area contributed by atoms with Gasteiger partial charge in [-0.15, -0.1) is 0 Å². The first kappa shape index (κ1) is 13.0. The Morgan fingerprint density at radius 2 is 2.14 bits per heavy atom. The summed E-state index contributed by atoms with van der Waals surface area (Å²) in [5, 5.41) is 0. The van der Waals surface area contributed by atoms with Gasteiger partial charge in [-0.3, -0.25) is 0 Å². The lowest BCUT2D eigenvalue weighted by Gasteiger charge is -2.07. The topological polar surface area (TPSA) is 0 Å². The van der Waals surface area contributed by atoms with Crippen LogP contribution in [0.1, 0.15) is 40.0 Å². The molecule has 1 aliphatic rings. The highest BCUT2D eigenvalue weighted by molar-refractivity contribution is 5.36. The largest absolute Gasteiger partial charge is 0.0991 e. The minimum Gasteiger partial charge on any atom is -0.0991 e. The van der Waals surface area contributed by atoms with Crippen molar-refractivity contribution in [3.8, 4) is 0 Å². The molecule has 0 N–H and O–H groups in total. The van der Waals surface area contributed by atoms with Gasteiger partial charge in [0.25, 0.3) is 0 Å². The van der Waals surface area contributed by atoms with Gasteiger partial charge in [-0.25, -0.2) is 0 Å². The SMILES string of the molecule is C=C/C=C(\C)C1=CC=CCC1.CCC. The zero-order valence-electron chi connectivity index (χ0n) is 9.72. The van der Waals surface area contributed by atoms with Gasteiger partial charge in [-0.05, 0) is 30.9 Å². The van der Waals surface area contributed by atoms with Crippen LogP contribution in [0, 0.1) is 0 Å². The van der Waals surface area contributed by atoms with E-state index in [-0.39, 0.29) is 0 Å². The van der Waals surface area contributed by atoms with E-state index >= 15 is 0 Å².